The van der Waals surface area contributed by atoms with Gasteiger partial charge in [0.25, 0.3) is 0 Å². The molecular formula is C21H22ClFN4O. The Morgan fingerprint density at radius 1 is 1.21 bits per heavy atom. The highest BCUT2D eigenvalue weighted by atomic mass is 35.5. The molecule has 0 aliphatic carbocycles. The number of benzene rings is 2. The molecule has 0 spiro atoms. The van der Waals surface area contributed by atoms with Crippen LogP contribution in [0.1, 0.15) is 17.0 Å². The first kappa shape index (κ1) is 20.0. The lowest BCUT2D eigenvalue weighted by Crippen LogP contribution is -2.30. The Morgan fingerprint density at radius 3 is 2.64 bits per heavy atom. The third kappa shape index (κ3) is 4.58. The number of rotatable bonds is 6. The monoisotopic (exact) mass is 400 g/mol. The fourth-order valence-corrected chi connectivity index (χ4v) is 3.25. The number of nitrogens with one attached hydrogen (secondary N) is 1. The molecule has 28 heavy (non-hydrogen) atoms. The summed E-state index contributed by atoms with van der Waals surface area (Å²) >= 11 is 5.86. The summed E-state index contributed by atoms with van der Waals surface area (Å²) in [5, 5.41) is 7.56. The van der Waals surface area contributed by atoms with E-state index in [-0.39, 0.29) is 18.1 Å². The quantitative estimate of drug-likeness (QED) is 0.669. The maximum Gasteiger partial charge on any atom is 0.238 e. The number of halogens is 2. The summed E-state index contributed by atoms with van der Waals surface area (Å²) in [7, 11) is 1.84. The van der Waals surface area contributed by atoms with E-state index in [9.17, 15) is 9.18 Å². The molecule has 0 aliphatic heterocycles. The molecule has 2 aromatic carbocycles. The molecule has 0 fully saturated rings. The molecule has 0 saturated heterocycles. The summed E-state index contributed by atoms with van der Waals surface area (Å²) in [6, 6.07) is 14.0. The maximum absolute atomic E-state index is 13.8. The van der Waals surface area contributed by atoms with E-state index in [1.165, 1.54) is 18.2 Å². The minimum atomic E-state index is -0.517. The molecule has 0 unspecified atom stereocenters. The zero-order chi connectivity index (χ0) is 20.3. The summed E-state index contributed by atoms with van der Waals surface area (Å²) in [5.74, 6) is -0.828. The van der Waals surface area contributed by atoms with Gasteiger partial charge in [0.2, 0.25) is 5.91 Å². The molecule has 1 amide bonds. The number of aromatic nitrogens is 2. The van der Waals surface area contributed by atoms with Crippen molar-refractivity contribution in [2.45, 2.75) is 20.4 Å². The number of hydrogen-bond acceptors (Lipinski definition) is 3. The van der Waals surface area contributed by atoms with Crippen molar-refractivity contribution in [3.8, 4) is 5.69 Å². The number of carbonyl (C=O) groups excluding carboxylic acids is 1. The van der Waals surface area contributed by atoms with Gasteiger partial charge in [-0.1, -0.05) is 29.8 Å². The molecule has 1 N–H and O–H groups in total. The molecule has 0 aliphatic rings. The Hall–Kier alpha value is -2.70. The average molecular weight is 401 g/mol. The van der Waals surface area contributed by atoms with Crippen LogP contribution in [0.2, 0.25) is 5.02 Å². The number of aryl methyl sites for hydroxylation is 1. The first-order chi connectivity index (χ1) is 13.3. The Morgan fingerprint density at radius 2 is 1.93 bits per heavy atom. The van der Waals surface area contributed by atoms with Crippen molar-refractivity contribution in [2.75, 3.05) is 18.9 Å². The van der Waals surface area contributed by atoms with E-state index >= 15 is 0 Å². The van der Waals surface area contributed by atoms with Crippen molar-refractivity contribution in [1.82, 2.24) is 14.7 Å². The molecule has 146 valence electrons. The van der Waals surface area contributed by atoms with Gasteiger partial charge in [-0.2, -0.15) is 5.10 Å². The van der Waals surface area contributed by atoms with Crippen LogP contribution in [0, 0.1) is 19.7 Å². The second-order valence-corrected chi connectivity index (χ2v) is 7.18. The van der Waals surface area contributed by atoms with Crippen LogP contribution >= 0.6 is 11.6 Å². The minimum Gasteiger partial charge on any atom is -0.322 e. The van der Waals surface area contributed by atoms with Crippen LogP contribution in [0.15, 0.2) is 48.5 Å². The van der Waals surface area contributed by atoms with Crippen LogP contribution in [0.4, 0.5) is 10.1 Å². The van der Waals surface area contributed by atoms with Gasteiger partial charge in [-0.05, 0) is 51.2 Å². The summed E-state index contributed by atoms with van der Waals surface area (Å²) < 4.78 is 15.7. The lowest BCUT2D eigenvalue weighted by atomic mass is 10.2. The fraction of sp³-hybridized carbons (Fsp3) is 0.238. The standard InChI is InChI=1S/C21H22ClFN4O/c1-14-18(15(2)27(25-14)17-7-5-4-6-8-17)12-26(3)13-21(28)24-20-11-16(22)9-10-19(20)23/h4-11H,12-13H2,1-3H3,(H,24,28). The zero-order valence-electron chi connectivity index (χ0n) is 16.0. The normalized spacial score (nSPS) is 11.1. The topological polar surface area (TPSA) is 50.2 Å². The third-order valence-corrected chi connectivity index (χ3v) is 4.72. The largest absolute Gasteiger partial charge is 0.322 e. The third-order valence-electron chi connectivity index (χ3n) is 4.49. The van der Waals surface area contributed by atoms with Crippen LogP contribution in [0.3, 0.4) is 0 Å². The van der Waals surface area contributed by atoms with E-state index in [0.717, 1.165) is 22.6 Å². The molecule has 3 aromatic rings. The van der Waals surface area contributed by atoms with Gasteiger partial charge in [-0.25, -0.2) is 9.07 Å². The van der Waals surface area contributed by atoms with E-state index < -0.39 is 5.82 Å². The molecule has 7 heteroatoms. The van der Waals surface area contributed by atoms with Crippen molar-refractivity contribution < 1.29 is 9.18 Å². The number of hydrogen-bond donors (Lipinski definition) is 1. The van der Waals surface area contributed by atoms with Crippen LogP contribution in [-0.2, 0) is 11.3 Å². The minimum absolute atomic E-state index is 0.0789. The van der Waals surface area contributed by atoms with Gasteiger partial charge in [-0.3, -0.25) is 9.69 Å². The SMILES string of the molecule is Cc1nn(-c2ccccc2)c(C)c1CN(C)CC(=O)Nc1cc(Cl)ccc1F. The van der Waals surface area contributed by atoms with E-state index in [0.29, 0.717) is 11.6 Å². The van der Waals surface area contributed by atoms with Gasteiger partial charge >= 0.3 is 0 Å². The van der Waals surface area contributed by atoms with E-state index in [1.54, 1.807) is 0 Å². The van der Waals surface area contributed by atoms with Crippen molar-refractivity contribution in [3.63, 3.8) is 0 Å². The van der Waals surface area contributed by atoms with Crippen molar-refractivity contribution >= 4 is 23.2 Å². The lowest BCUT2D eigenvalue weighted by Gasteiger charge is -2.17. The van der Waals surface area contributed by atoms with E-state index in [4.69, 9.17) is 11.6 Å². The second kappa shape index (κ2) is 8.54. The second-order valence-electron chi connectivity index (χ2n) is 6.74. The predicted molar refractivity (Wildman–Crippen MR) is 109 cm³/mol. The van der Waals surface area contributed by atoms with E-state index in [2.05, 4.69) is 10.4 Å². The number of anilines is 1. The van der Waals surface area contributed by atoms with Gasteiger partial charge in [0.1, 0.15) is 5.82 Å². The molecular weight excluding hydrogens is 379 g/mol. The van der Waals surface area contributed by atoms with Crippen LogP contribution in [0.5, 0.6) is 0 Å². The van der Waals surface area contributed by atoms with Gasteiger partial charge < -0.3 is 5.32 Å². The predicted octanol–water partition coefficient (Wildman–Crippen LogP) is 4.35. The Kier molecular flexibility index (Phi) is 6.11. The fourth-order valence-electron chi connectivity index (χ4n) is 3.08. The first-order valence-corrected chi connectivity index (χ1v) is 9.27. The average Bonchev–Trinajstić information content (AvgIpc) is 2.93. The number of nitrogens with zero attached hydrogens (tertiary/aromatic N) is 3. The van der Waals surface area contributed by atoms with Crippen LogP contribution in [0.25, 0.3) is 5.69 Å². The molecule has 0 radical (unpaired) electrons. The van der Waals surface area contributed by atoms with Gasteiger partial charge in [0.15, 0.2) is 0 Å². The molecule has 1 heterocycles. The van der Waals surface area contributed by atoms with Crippen molar-refractivity contribution in [3.05, 3.63) is 76.3 Å². The van der Waals surface area contributed by atoms with Crippen molar-refractivity contribution in [2.24, 2.45) is 0 Å². The maximum atomic E-state index is 13.8. The number of likely N-dealkylation sites (N-methyl/N-ethyl adjacent to an activating group) is 1. The summed E-state index contributed by atoms with van der Waals surface area (Å²) in [6.07, 6.45) is 0. The molecule has 1 aromatic heterocycles. The molecule has 3 rings (SSSR count). The molecule has 0 saturated carbocycles. The van der Waals surface area contributed by atoms with Crippen LogP contribution in [-0.4, -0.2) is 34.2 Å². The zero-order valence-corrected chi connectivity index (χ0v) is 16.8. The highest BCUT2D eigenvalue weighted by Crippen LogP contribution is 2.21. The van der Waals surface area contributed by atoms with Crippen LogP contribution < -0.4 is 5.32 Å². The van der Waals surface area contributed by atoms with Gasteiger partial charge in [0, 0.05) is 22.8 Å². The summed E-state index contributed by atoms with van der Waals surface area (Å²) in [6.45, 7) is 4.63. The summed E-state index contributed by atoms with van der Waals surface area (Å²) in [5.41, 5.74) is 4.07. The van der Waals surface area contributed by atoms with Gasteiger partial charge in [0.05, 0.1) is 23.6 Å². The number of para-hydroxylation sites is 1. The first-order valence-electron chi connectivity index (χ1n) is 8.89. The smallest absolute Gasteiger partial charge is 0.238 e. The van der Waals surface area contributed by atoms with E-state index in [1.807, 2.05) is 60.8 Å². The number of carbonyl (C=O) groups is 1. The Bertz CT molecular complexity index is 988. The molecule has 0 atom stereocenters. The van der Waals surface area contributed by atoms with Crippen molar-refractivity contribution in [1.29, 1.82) is 0 Å². The molecule has 0 bridgehead atoms. The summed E-state index contributed by atoms with van der Waals surface area (Å²) in [4.78, 5) is 14.2. The number of amides is 1. The highest BCUT2D eigenvalue weighted by Gasteiger charge is 2.16. The lowest BCUT2D eigenvalue weighted by molar-refractivity contribution is -0.117. The molecule has 5 nitrogen and oxygen atoms in total. The Balaban J connectivity index is 1.68. The van der Waals surface area contributed by atoms with Gasteiger partial charge in [-0.15, -0.1) is 0 Å². The highest BCUT2D eigenvalue weighted by molar-refractivity contribution is 6.30. The Labute approximate surface area is 168 Å².